The lowest BCUT2D eigenvalue weighted by molar-refractivity contribution is 0.425. The Morgan fingerprint density at radius 1 is 1.00 bits per heavy atom. The third-order valence-corrected chi connectivity index (χ3v) is 8.26. The van der Waals surface area contributed by atoms with Crippen LogP contribution in [-0.2, 0) is 15.4 Å². The molecule has 4 nitrogen and oxygen atoms in total. The molecule has 3 atom stereocenters. The number of anilines is 2. The van der Waals surface area contributed by atoms with Crippen LogP contribution in [0.5, 0.6) is 0 Å². The molecule has 5 rings (SSSR count). The van der Waals surface area contributed by atoms with E-state index >= 15 is 0 Å². The lowest BCUT2D eigenvalue weighted by atomic mass is 9.76. The van der Waals surface area contributed by atoms with E-state index in [1.807, 2.05) is 6.07 Å². The largest absolute Gasteiger partial charge is 0.378 e. The van der Waals surface area contributed by atoms with Crippen LogP contribution in [0.1, 0.15) is 55.8 Å². The predicted molar refractivity (Wildman–Crippen MR) is 135 cm³/mol. The Bertz CT molecular complexity index is 1360. The van der Waals surface area contributed by atoms with E-state index in [0.29, 0.717) is 5.92 Å². The van der Waals surface area contributed by atoms with Gasteiger partial charge >= 0.3 is 0 Å². The smallest absolute Gasteiger partial charge is 0.261 e. The van der Waals surface area contributed by atoms with Gasteiger partial charge in [0, 0.05) is 11.6 Å². The number of benzene rings is 3. The molecule has 0 radical (unpaired) electrons. The van der Waals surface area contributed by atoms with Gasteiger partial charge in [0.2, 0.25) is 0 Å². The predicted octanol–water partition coefficient (Wildman–Crippen LogP) is 6.75. The van der Waals surface area contributed by atoms with E-state index in [9.17, 15) is 12.8 Å². The van der Waals surface area contributed by atoms with Crippen molar-refractivity contribution in [2.45, 2.75) is 49.5 Å². The molecule has 0 spiro atoms. The maximum absolute atomic E-state index is 14.0. The molecule has 0 fully saturated rings. The molecule has 2 N–H and O–H groups in total. The summed E-state index contributed by atoms with van der Waals surface area (Å²) in [4.78, 5) is 0.128. The first-order valence-corrected chi connectivity index (χ1v) is 13.1. The summed E-state index contributed by atoms with van der Waals surface area (Å²) in [6, 6.07) is 19.8. The van der Waals surface area contributed by atoms with Gasteiger partial charge in [0.15, 0.2) is 0 Å². The Balaban J connectivity index is 1.46. The van der Waals surface area contributed by atoms with Crippen molar-refractivity contribution in [3.8, 4) is 0 Å². The van der Waals surface area contributed by atoms with Crippen molar-refractivity contribution in [3.05, 3.63) is 101 Å². The van der Waals surface area contributed by atoms with Crippen LogP contribution in [-0.4, -0.2) is 8.42 Å². The number of fused-ring (bicyclic) bond motifs is 3. The minimum atomic E-state index is -3.92. The van der Waals surface area contributed by atoms with Crippen LogP contribution in [0.15, 0.2) is 83.8 Å². The molecule has 0 unspecified atom stereocenters. The Kier molecular flexibility index (Phi) is 5.52. The number of nitrogens with one attached hydrogen (secondary N) is 2. The van der Waals surface area contributed by atoms with E-state index in [1.54, 1.807) is 18.2 Å². The molecule has 0 aromatic heterocycles. The van der Waals surface area contributed by atoms with Gasteiger partial charge < -0.3 is 5.32 Å². The molecule has 1 aliphatic heterocycles. The second-order valence-electron chi connectivity index (χ2n) is 10.2. The molecule has 1 heterocycles. The third-order valence-electron chi connectivity index (χ3n) is 6.90. The Labute approximate surface area is 201 Å². The molecule has 0 saturated heterocycles. The van der Waals surface area contributed by atoms with Gasteiger partial charge in [-0.15, -0.1) is 0 Å². The summed E-state index contributed by atoms with van der Waals surface area (Å²) < 4.78 is 42.4. The molecule has 176 valence electrons. The molecule has 1 aliphatic carbocycles. The van der Waals surface area contributed by atoms with Crippen molar-refractivity contribution >= 4 is 21.4 Å². The first-order valence-electron chi connectivity index (χ1n) is 11.6. The Hall–Kier alpha value is -3.12. The minimum absolute atomic E-state index is 0.0595. The fourth-order valence-electron chi connectivity index (χ4n) is 5.01. The molecule has 0 saturated carbocycles. The summed E-state index contributed by atoms with van der Waals surface area (Å²) >= 11 is 0. The van der Waals surface area contributed by atoms with Gasteiger partial charge in [-0.25, -0.2) is 12.8 Å². The highest BCUT2D eigenvalue weighted by Gasteiger charge is 2.38. The number of para-hydroxylation sites is 1. The maximum atomic E-state index is 14.0. The van der Waals surface area contributed by atoms with Crippen molar-refractivity contribution in [2.24, 2.45) is 5.92 Å². The van der Waals surface area contributed by atoms with Crippen LogP contribution in [0.25, 0.3) is 0 Å². The first kappa shape index (κ1) is 22.7. The number of hydrogen-bond donors (Lipinski definition) is 2. The zero-order chi connectivity index (χ0) is 24.1. The van der Waals surface area contributed by atoms with Gasteiger partial charge in [0.25, 0.3) is 10.0 Å². The highest BCUT2D eigenvalue weighted by molar-refractivity contribution is 7.92. The molecular weight excluding hydrogens is 447 g/mol. The summed E-state index contributed by atoms with van der Waals surface area (Å²) in [5.74, 6) is -0.192. The minimum Gasteiger partial charge on any atom is -0.378 e. The fourth-order valence-corrected chi connectivity index (χ4v) is 6.11. The molecule has 3 aromatic rings. The lowest BCUT2D eigenvalue weighted by Gasteiger charge is -2.38. The van der Waals surface area contributed by atoms with Crippen LogP contribution >= 0.6 is 0 Å². The maximum Gasteiger partial charge on any atom is 0.261 e. The van der Waals surface area contributed by atoms with E-state index in [0.717, 1.165) is 17.7 Å². The average Bonchev–Trinajstić information content (AvgIpc) is 3.29. The van der Waals surface area contributed by atoms with E-state index in [2.05, 4.69) is 67.2 Å². The summed E-state index contributed by atoms with van der Waals surface area (Å²) in [5.41, 5.74) is 4.46. The van der Waals surface area contributed by atoms with Gasteiger partial charge in [-0.2, -0.15) is 0 Å². The number of rotatable bonds is 4. The molecule has 0 bridgehead atoms. The van der Waals surface area contributed by atoms with E-state index in [1.165, 1.54) is 29.3 Å². The topological polar surface area (TPSA) is 58.2 Å². The first-order chi connectivity index (χ1) is 16.1. The summed E-state index contributed by atoms with van der Waals surface area (Å²) in [6.45, 7) is 6.63. The van der Waals surface area contributed by atoms with Crippen molar-refractivity contribution in [1.82, 2.24) is 0 Å². The zero-order valence-electron chi connectivity index (χ0n) is 19.5. The molecule has 0 amide bonds. The van der Waals surface area contributed by atoms with Gasteiger partial charge in [-0.1, -0.05) is 69.3 Å². The third kappa shape index (κ3) is 4.11. The normalized spacial score (nSPS) is 21.5. The molecule has 34 heavy (non-hydrogen) atoms. The monoisotopic (exact) mass is 476 g/mol. The van der Waals surface area contributed by atoms with E-state index < -0.39 is 15.8 Å². The van der Waals surface area contributed by atoms with Crippen LogP contribution in [0.3, 0.4) is 0 Å². The van der Waals surface area contributed by atoms with Gasteiger partial charge in [0.1, 0.15) is 5.82 Å². The van der Waals surface area contributed by atoms with Crippen LogP contribution in [0.4, 0.5) is 15.8 Å². The zero-order valence-corrected chi connectivity index (χ0v) is 20.4. The van der Waals surface area contributed by atoms with Crippen LogP contribution < -0.4 is 10.0 Å². The van der Waals surface area contributed by atoms with Gasteiger partial charge in [-0.3, -0.25) is 4.72 Å². The summed E-state index contributed by atoms with van der Waals surface area (Å²) in [5, 5.41) is 3.67. The summed E-state index contributed by atoms with van der Waals surface area (Å²) in [7, 11) is -3.92. The Morgan fingerprint density at radius 3 is 2.44 bits per heavy atom. The van der Waals surface area contributed by atoms with Crippen LogP contribution in [0.2, 0.25) is 0 Å². The molecule has 6 heteroatoms. The second kappa shape index (κ2) is 8.27. The van der Waals surface area contributed by atoms with Crippen molar-refractivity contribution < 1.29 is 12.8 Å². The van der Waals surface area contributed by atoms with Gasteiger partial charge in [-0.05, 0) is 64.8 Å². The van der Waals surface area contributed by atoms with Crippen molar-refractivity contribution in [2.75, 3.05) is 10.0 Å². The quantitative estimate of drug-likeness (QED) is 0.410. The fraction of sp³-hybridized carbons (Fsp3) is 0.286. The highest BCUT2D eigenvalue weighted by atomic mass is 32.2. The highest BCUT2D eigenvalue weighted by Crippen LogP contribution is 2.50. The average molecular weight is 477 g/mol. The van der Waals surface area contributed by atoms with E-state index in [4.69, 9.17) is 0 Å². The molecule has 3 aromatic carbocycles. The number of halogens is 1. The molecular formula is C28H29FN2O2S. The number of allylic oxidation sites excluding steroid dienone is 2. The van der Waals surface area contributed by atoms with Crippen molar-refractivity contribution in [1.29, 1.82) is 0 Å². The second-order valence-corrected chi connectivity index (χ2v) is 11.9. The SMILES string of the molecule is CC(C)(C)c1ccc([C@@H]2Nc3ccc(S(=O)(=O)Nc4ccccc4F)cc3[C@@H]3C=CC[C@@H]32)cc1. The van der Waals surface area contributed by atoms with Gasteiger partial charge in [0.05, 0.1) is 16.6 Å². The summed E-state index contributed by atoms with van der Waals surface area (Å²) in [6.07, 6.45) is 5.29. The van der Waals surface area contributed by atoms with Crippen LogP contribution in [0, 0.1) is 11.7 Å². The Morgan fingerprint density at radius 2 is 1.74 bits per heavy atom. The van der Waals surface area contributed by atoms with Crippen molar-refractivity contribution in [3.63, 3.8) is 0 Å². The number of hydrogen-bond acceptors (Lipinski definition) is 3. The van der Waals surface area contributed by atoms with E-state index in [-0.39, 0.29) is 28.0 Å². The lowest BCUT2D eigenvalue weighted by Crippen LogP contribution is -2.29. The standard InChI is InChI=1S/C28H29FN2O2S/c1-28(2,3)19-13-11-18(12-14-19)27-22-8-6-7-21(22)23-17-20(15-16-25(23)30-27)34(32,33)31-26-10-5-4-9-24(26)29/h4-7,9-17,21-22,27,30-31H,8H2,1-3H3/t21-,22+,27+/m1/s1. The number of sulfonamides is 1. The molecule has 2 aliphatic rings.